The van der Waals surface area contributed by atoms with E-state index >= 15 is 0 Å². The molecule has 0 heterocycles. The first-order chi connectivity index (χ1) is 7.81. The van der Waals surface area contributed by atoms with Crippen LogP contribution in [0.25, 0.3) is 0 Å². The Kier molecular flexibility index (Phi) is 30.7. The van der Waals surface area contributed by atoms with Crippen LogP contribution >= 0.6 is 0 Å². The van der Waals surface area contributed by atoms with Gasteiger partial charge in [-0.05, 0) is 14.1 Å². The van der Waals surface area contributed by atoms with Crippen LogP contribution in [0.2, 0.25) is 0 Å². The van der Waals surface area contributed by atoms with Gasteiger partial charge >= 0.3 is 0 Å². The molecule has 0 aromatic rings. The maximum absolute atomic E-state index is 3.82. The van der Waals surface area contributed by atoms with E-state index in [1.807, 2.05) is 41.8 Å². The van der Waals surface area contributed by atoms with Gasteiger partial charge in [0, 0.05) is 26.2 Å². The van der Waals surface area contributed by atoms with Gasteiger partial charge in [-0.2, -0.15) is 0 Å². The molecule has 4 N–H and O–H groups in total. The summed E-state index contributed by atoms with van der Waals surface area (Å²) in [6.45, 7) is 15.5. The third-order valence-electron chi connectivity index (χ3n) is 1.43. The van der Waals surface area contributed by atoms with E-state index in [-0.39, 0.29) is 0 Å². The second kappa shape index (κ2) is 23.8. The van der Waals surface area contributed by atoms with E-state index in [4.69, 9.17) is 0 Å². The minimum absolute atomic E-state index is 0.889. The van der Waals surface area contributed by atoms with Crippen molar-refractivity contribution in [2.45, 2.75) is 27.7 Å². The van der Waals surface area contributed by atoms with Crippen LogP contribution in [0.4, 0.5) is 0 Å². The second-order valence-corrected chi connectivity index (χ2v) is 2.54. The zero-order valence-corrected chi connectivity index (χ0v) is 12.0. The molecule has 0 saturated heterocycles. The molecule has 4 nitrogen and oxygen atoms in total. The summed E-state index contributed by atoms with van der Waals surface area (Å²) in [6.07, 6.45) is 0. The fourth-order valence-corrected chi connectivity index (χ4v) is 0.739. The summed E-state index contributed by atoms with van der Waals surface area (Å²) in [5.41, 5.74) is 0. The smallest absolute Gasteiger partial charge is 0.0913 e. The zero-order chi connectivity index (χ0) is 13.2. The minimum Gasteiger partial charge on any atom is -0.371 e. The molecule has 0 rings (SSSR count). The van der Waals surface area contributed by atoms with Gasteiger partial charge in [0.15, 0.2) is 0 Å². The number of nitrogens with one attached hydrogen (secondary N) is 4. The van der Waals surface area contributed by atoms with Gasteiger partial charge in [-0.15, -0.1) is 0 Å². The Hall–Kier alpha value is -0.740. The van der Waals surface area contributed by atoms with Gasteiger partial charge in [0.2, 0.25) is 0 Å². The molecule has 0 unspecified atom stereocenters. The molecule has 0 aliphatic rings. The molecule has 0 bridgehead atoms. The highest BCUT2D eigenvalue weighted by Crippen LogP contribution is 1.73. The van der Waals surface area contributed by atoms with Crippen LogP contribution in [0.1, 0.15) is 27.7 Å². The van der Waals surface area contributed by atoms with E-state index in [0.29, 0.717) is 0 Å². The van der Waals surface area contributed by atoms with Gasteiger partial charge in [0.1, 0.15) is 0 Å². The fraction of sp³-hybridized carbons (Fsp3) is 0.833. The van der Waals surface area contributed by atoms with Crippen LogP contribution in [0.5, 0.6) is 0 Å². The molecule has 0 fully saturated rings. The molecular weight excluding hydrogens is 200 g/mol. The summed E-state index contributed by atoms with van der Waals surface area (Å²) in [7, 11) is 3.86. The normalized spacial score (nSPS) is 7.88. The quantitative estimate of drug-likeness (QED) is 0.474. The summed E-state index contributed by atoms with van der Waals surface area (Å²) < 4.78 is 0. The lowest BCUT2D eigenvalue weighted by Gasteiger charge is -2.11. The molecule has 0 spiro atoms. The average molecular weight is 232 g/mol. The molecule has 0 aliphatic heterocycles. The van der Waals surface area contributed by atoms with Crippen molar-refractivity contribution < 1.29 is 0 Å². The van der Waals surface area contributed by atoms with E-state index in [9.17, 15) is 0 Å². The summed E-state index contributed by atoms with van der Waals surface area (Å²) >= 11 is 0. The van der Waals surface area contributed by atoms with Crippen molar-refractivity contribution in [3.05, 3.63) is 12.4 Å². The lowest BCUT2D eigenvalue weighted by molar-refractivity contribution is 0.640. The molecule has 0 aromatic heterocycles. The van der Waals surface area contributed by atoms with E-state index in [1.165, 1.54) is 0 Å². The predicted octanol–water partition coefficient (Wildman–Crippen LogP) is 1.13. The lowest BCUT2D eigenvalue weighted by Crippen LogP contribution is -2.33. The SMILES string of the molecule is C=C(NCCNC)NCCNC.CC.CC. The zero-order valence-electron chi connectivity index (χ0n) is 12.0. The van der Waals surface area contributed by atoms with Gasteiger partial charge < -0.3 is 21.3 Å². The average Bonchev–Trinajstić information content (AvgIpc) is 2.35. The Labute approximate surface area is 102 Å². The molecular formula is C12H32N4. The van der Waals surface area contributed by atoms with Gasteiger partial charge in [-0.3, -0.25) is 0 Å². The lowest BCUT2D eigenvalue weighted by atomic mass is 10.5. The highest BCUT2D eigenvalue weighted by molar-refractivity contribution is 4.87. The third kappa shape index (κ3) is 23.2. The topological polar surface area (TPSA) is 48.1 Å². The van der Waals surface area contributed by atoms with Crippen molar-refractivity contribution in [2.75, 3.05) is 40.3 Å². The van der Waals surface area contributed by atoms with Crippen LogP contribution in [-0.4, -0.2) is 40.3 Å². The van der Waals surface area contributed by atoms with Crippen molar-refractivity contribution in [3.63, 3.8) is 0 Å². The van der Waals surface area contributed by atoms with Gasteiger partial charge in [0.25, 0.3) is 0 Å². The van der Waals surface area contributed by atoms with Gasteiger partial charge in [-0.1, -0.05) is 34.3 Å². The molecule has 0 atom stereocenters. The standard InChI is InChI=1S/C8H20N4.2C2H6/c1-8(11-6-4-9-2)12-7-5-10-3;2*1-2/h9-12H,1,4-7H2,2-3H3;2*1-2H3. The van der Waals surface area contributed by atoms with Crippen molar-refractivity contribution in [1.29, 1.82) is 0 Å². The summed E-state index contributed by atoms with van der Waals surface area (Å²) in [4.78, 5) is 0. The highest BCUT2D eigenvalue weighted by Gasteiger charge is 1.89. The second-order valence-electron chi connectivity index (χ2n) is 2.54. The van der Waals surface area contributed by atoms with E-state index in [0.717, 1.165) is 32.0 Å². The Morgan fingerprint density at radius 1 is 0.750 bits per heavy atom. The monoisotopic (exact) mass is 232 g/mol. The van der Waals surface area contributed by atoms with Crippen molar-refractivity contribution in [1.82, 2.24) is 21.3 Å². The fourth-order valence-electron chi connectivity index (χ4n) is 0.739. The third-order valence-corrected chi connectivity index (χ3v) is 1.43. The van der Waals surface area contributed by atoms with Gasteiger partial charge in [0.05, 0.1) is 5.82 Å². The number of likely N-dealkylation sites (N-methyl/N-ethyl adjacent to an activating group) is 2. The summed E-state index contributed by atoms with van der Waals surface area (Å²) in [5.74, 6) is 0.889. The van der Waals surface area contributed by atoms with Crippen LogP contribution in [0.3, 0.4) is 0 Å². The maximum Gasteiger partial charge on any atom is 0.0913 e. The van der Waals surface area contributed by atoms with Crippen molar-refractivity contribution >= 4 is 0 Å². The number of hydrogen-bond acceptors (Lipinski definition) is 4. The van der Waals surface area contributed by atoms with E-state index in [1.54, 1.807) is 0 Å². The first-order valence-electron chi connectivity index (χ1n) is 6.27. The highest BCUT2D eigenvalue weighted by atomic mass is 15.1. The van der Waals surface area contributed by atoms with E-state index in [2.05, 4.69) is 27.8 Å². The Bertz CT molecular complexity index is 104. The first kappa shape index (κ1) is 20.6. The first-order valence-corrected chi connectivity index (χ1v) is 6.27. The minimum atomic E-state index is 0.889. The Balaban J connectivity index is -0.000000376. The molecule has 16 heavy (non-hydrogen) atoms. The van der Waals surface area contributed by atoms with Crippen molar-refractivity contribution in [2.24, 2.45) is 0 Å². The van der Waals surface area contributed by atoms with Crippen LogP contribution in [0, 0.1) is 0 Å². The van der Waals surface area contributed by atoms with Crippen LogP contribution in [-0.2, 0) is 0 Å². The molecule has 0 aliphatic carbocycles. The molecule has 0 amide bonds. The Morgan fingerprint density at radius 2 is 1.06 bits per heavy atom. The predicted molar refractivity (Wildman–Crippen MR) is 75.7 cm³/mol. The molecule has 0 radical (unpaired) electrons. The number of rotatable bonds is 8. The largest absolute Gasteiger partial charge is 0.371 e. The molecule has 100 valence electrons. The van der Waals surface area contributed by atoms with Crippen LogP contribution in [0.15, 0.2) is 12.4 Å². The Morgan fingerprint density at radius 3 is 1.31 bits per heavy atom. The number of hydrogen-bond donors (Lipinski definition) is 4. The van der Waals surface area contributed by atoms with Gasteiger partial charge in [-0.25, -0.2) is 0 Å². The van der Waals surface area contributed by atoms with Crippen LogP contribution < -0.4 is 21.3 Å². The van der Waals surface area contributed by atoms with Crippen molar-refractivity contribution in [3.8, 4) is 0 Å². The molecule has 4 heteroatoms. The maximum atomic E-state index is 3.82. The molecule has 0 saturated carbocycles. The summed E-state index contributed by atoms with van der Waals surface area (Å²) in [6, 6.07) is 0. The summed E-state index contributed by atoms with van der Waals surface area (Å²) in [5, 5.41) is 12.4. The van der Waals surface area contributed by atoms with E-state index < -0.39 is 0 Å². The molecule has 0 aromatic carbocycles.